The lowest BCUT2D eigenvalue weighted by atomic mass is 10.6. The van der Waals surface area contributed by atoms with E-state index >= 15 is 0 Å². The number of hydrogen-bond acceptors (Lipinski definition) is 2. The first-order valence-corrected chi connectivity index (χ1v) is 5.38. The Hall–Kier alpha value is 0.0700. The average molecular weight is 268 g/mol. The van der Waals surface area contributed by atoms with Gasteiger partial charge < -0.3 is 9.80 Å². The van der Waals surface area contributed by atoms with E-state index in [-0.39, 0.29) is 0 Å². The molecule has 1 heterocycles. The maximum Gasteiger partial charge on any atom is 0.0887 e. The van der Waals surface area contributed by atoms with Gasteiger partial charge in [0.15, 0.2) is 0 Å². The highest BCUT2D eigenvalue weighted by Crippen LogP contribution is 1.97. The lowest BCUT2D eigenvalue weighted by Gasteiger charge is -2.10. The third-order valence-electron chi connectivity index (χ3n) is 1.21. The second-order valence-electron chi connectivity index (χ2n) is 2.64. The molecular formula is C8H17IN2. The van der Waals surface area contributed by atoms with E-state index in [1.165, 1.54) is 10.8 Å². The summed E-state index contributed by atoms with van der Waals surface area (Å²) in [4.78, 5) is 4.25. The van der Waals surface area contributed by atoms with Gasteiger partial charge in [0.1, 0.15) is 0 Å². The molecule has 0 unspecified atom stereocenters. The van der Waals surface area contributed by atoms with Crippen molar-refractivity contribution in [3.63, 3.8) is 0 Å². The van der Waals surface area contributed by atoms with Crippen LogP contribution in [0.25, 0.3) is 0 Å². The van der Waals surface area contributed by atoms with E-state index in [1.807, 2.05) is 0 Å². The van der Waals surface area contributed by atoms with E-state index in [0.717, 1.165) is 6.67 Å². The predicted octanol–water partition coefficient (Wildman–Crippen LogP) is 2.12. The molecule has 1 rings (SSSR count). The minimum absolute atomic E-state index is 1.03. The topological polar surface area (TPSA) is 6.48 Å². The lowest BCUT2D eigenvalue weighted by molar-refractivity contribution is 0.340. The molecule has 11 heavy (non-hydrogen) atoms. The van der Waals surface area contributed by atoms with Crippen molar-refractivity contribution in [1.29, 1.82) is 0 Å². The van der Waals surface area contributed by atoms with E-state index in [4.69, 9.17) is 0 Å². The van der Waals surface area contributed by atoms with Gasteiger partial charge >= 0.3 is 0 Å². The second kappa shape index (κ2) is 6.76. The van der Waals surface area contributed by atoms with Crippen LogP contribution >= 0.6 is 22.6 Å². The van der Waals surface area contributed by atoms with Crippen LogP contribution in [0.1, 0.15) is 13.3 Å². The number of halogens is 1. The molecule has 0 saturated heterocycles. The summed E-state index contributed by atoms with van der Waals surface area (Å²) in [6.07, 6.45) is 5.42. The maximum atomic E-state index is 2.35. The summed E-state index contributed by atoms with van der Waals surface area (Å²) in [5.74, 6) is 0. The van der Waals surface area contributed by atoms with Crippen molar-refractivity contribution in [2.45, 2.75) is 13.3 Å². The van der Waals surface area contributed by atoms with Gasteiger partial charge in [0.2, 0.25) is 0 Å². The highest BCUT2D eigenvalue weighted by atomic mass is 127. The van der Waals surface area contributed by atoms with Crippen molar-refractivity contribution in [1.82, 2.24) is 9.80 Å². The number of hydrogen-bond donors (Lipinski definition) is 0. The molecule has 0 atom stereocenters. The normalized spacial score (nSPS) is 14.9. The van der Waals surface area contributed by atoms with Gasteiger partial charge in [-0.1, -0.05) is 29.5 Å². The molecular weight excluding hydrogens is 251 g/mol. The van der Waals surface area contributed by atoms with Gasteiger partial charge in [-0.15, -0.1) is 0 Å². The third kappa shape index (κ3) is 6.47. The zero-order valence-corrected chi connectivity index (χ0v) is 9.71. The van der Waals surface area contributed by atoms with E-state index in [9.17, 15) is 0 Å². The molecule has 0 amide bonds. The highest BCUT2D eigenvalue weighted by molar-refractivity contribution is 14.1. The molecule has 0 radical (unpaired) electrons. The van der Waals surface area contributed by atoms with E-state index in [2.05, 4.69) is 65.8 Å². The first-order valence-electron chi connectivity index (χ1n) is 3.85. The van der Waals surface area contributed by atoms with Crippen LogP contribution in [-0.2, 0) is 0 Å². The molecule has 0 aromatic carbocycles. The molecule has 0 aromatic rings. The van der Waals surface area contributed by atoms with Crippen LogP contribution < -0.4 is 0 Å². The van der Waals surface area contributed by atoms with Crippen LogP contribution in [0.4, 0.5) is 0 Å². The molecule has 0 spiro atoms. The first-order chi connectivity index (χ1) is 5.20. The fraction of sp³-hybridized carbons (Fsp3) is 0.750. The fourth-order valence-corrected chi connectivity index (χ4v) is 0.674. The number of alkyl halides is 1. The van der Waals surface area contributed by atoms with Gasteiger partial charge in [0.05, 0.1) is 6.67 Å². The van der Waals surface area contributed by atoms with Crippen LogP contribution in [0.2, 0.25) is 0 Å². The maximum absolute atomic E-state index is 2.35. The highest BCUT2D eigenvalue weighted by Gasteiger charge is 1.99. The van der Waals surface area contributed by atoms with Crippen LogP contribution in [-0.4, -0.2) is 35.0 Å². The van der Waals surface area contributed by atoms with Crippen molar-refractivity contribution < 1.29 is 0 Å². The SMILES string of the molecule is CCCI.CN1C=CN(C)C1. The summed E-state index contributed by atoms with van der Waals surface area (Å²) >= 11 is 2.35. The minimum Gasteiger partial charge on any atom is -0.362 e. The predicted molar refractivity (Wildman–Crippen MR) is 58.7 cm³/mol. The standard InChI is InChI=1S/C5H10N2.C3H7I/c1-6-3-4-7(2)5-6;1-2-3-4/h3-4H,5H2,1-2H3;2-3H2,1H3. The van der Waals surface area contributed by atoms with E-state index in [0.29, 0.717) is 0 Å². The summed E-state index contributed by atoms with van der Waals surface area (Å²) < 4.78 is 1.29. The van der Waals surface area contributed by atoms with Crippen molar-refractivity contribution in [3.05, 3.63) is 12.4 Å². The van der Waals surface area contributed by atoms with Crippen LogP contribution in [0.5, 0.6) is 0 Å². The Labute approximate surface area is 83.4 Å². The molecule has 0 bridgehead atoms. The molecule has 0 fully saturated rings. The van der Waals surface area contributed by atoms with Gasteiger partial charge in [-0.25, -0.2) is 0 Å². The van der Waals surface area contributed by atoms with Crippen molar-refractivity contribution in [2.75, 3.05) is 25.2 Å². The molecule has 1 aliphatic rings. The molecule has 0 aromatic heterocycles. The Kier molecular flexibility index (Phi) is 6.80. The van der Waals surface area contributed by atoms with E-state index < -0.39 is 0 Å². The van der Waals surface area contributed by atoms with Gasteiger partial charge in [0.25, 0.3) is 0 Å². The second-order valence-corrected chi connectivity index (χ2v) is 3.72. The monoisotopic (exact) mass is 268 g/mol. The largest absolute Gasteiger partial charge is 0.362 e. The Morgan fingerprint density at radius 1 is 1.27 bits per heavy atom. The van der Waals surface area contributed by atoms with Crippen LogP contribution in [0.15, 0.2) is 12.4 Å². The quantitative estimate of drug-likeness (QED) is 0.531. The smallest absolute Gasteiger partial charge is 0.0887 e. The Bertz CT molecular complexity index is 103. The number of rotatable bonds is 1. The molecule has 0 saturated carbocycles. The zero-order valence-electron chi connectivity index (χ0n) is 7.55. The van der Waals surface area contributed by atoms with Crippen LogP contribution in [0.3, 0.4) is 0 Å². The molecule has 0 N–H and O–H groups in total. The molecule has 0 aliphatic carbocycles. The summed E-state index contributed by atoms with van der Waals surface area (Å²) in [5.41, 5.74) is 0. The molecule has 2 nitrogen and oxygen atoms in total. The summed E-state index contributed by atoms with van der Waals surface area (Å²) in [6.45, 7) is 3.20. The van der Waals surface area contributed by atoms with Crippen molar-refractivity contribution in [2.24, 2.45) is 0 Å². The van der Waals surface area contributed by atoms with Gasteiger partial charge in [-0.05, 0) is 10.8 Å². The third-order valence-corrected chi connectivity index (χ3v) is 2.29. The summed E-state index contributed by atoms with van der Waals surface area (Å²) in [5, 5.41) is 0. The Balaban J connectivity index is 0.000000218. The summed E-state index contributed by atoms with van der Waals surface area (Å²) in [6, 6.07) is 0. The van der Waals surface area contributed by atoms with Gasteiger partial charge in [-0.2, -0.15) is 0 Å². The Morgan fingerprint density at radius 2 is 1.64 bits per heavy atom. The first kappa shape index (κ1) is 11.1. The van der Waals surface area contributed by atoms with E-state index in [1.54, 1.807) is 0 Å². The molecule has 1 aliphatic heterocycles. The van der Waals surface area contributed by atoms with Crippen LogP contribution in [0, 0.1) is 0 Å². The molecule has 3 heteroatoms. The Morgan fingerprint density at radius 3 is 1.73 bits per heavy atom. The fourth-order valence-electron chi connectivity index (χ4n) is 0.674. The van der Waals surface area contributed by atoms with Crippen molar-refractivity contribution in [3.8, 4) is 0 Å². The summed E-state index contributed by atoms with van der Waals surface area (Å²) in [7, 11) is 4.11. The zero-order chi connectivity index (χ0) is 8.69. The average Bonchev–Trinajstić information content (AvgIpc) is 2.35. The number of nitrogens with zero attached hydrogens (tertiary/aromatic N) is 2. The minimum atomic E-state index is 1.03. The van der Waals surface area contributed by atoms with Crippen molar-refractivity contribution >= 4 is 22.6 Å². The van der Waals surface area contributed by atoms with Gasteiger partial charge in [-0.3, -0.25) is 0 Å². The lowest BCUT2D eigenvalue weighted by Crippen LogP contribution is -2.17. The molecule has 66 valence electrons. The van der Waals surface area contributed by atoms with Gasteiger partial charge in [0, 0.05) is 26.5 Å².